The second kappa shape index (κ2) is 21.7. The number of amides is 2. The van der Waals surface area contributed by atoms with Crippen LogP contribution in [0.25, 0.3) is 0 Å². The average molecular weight is 865 g/mol. The molecule has 2 fully saturated rings. The zero-order chi connectivity index (χ0) is 46.1. The summed E-state index contributed by atoms with van der Waals surface area (Å²) < 4.78 is 18.5. The summed E-state index contributed by atoms with van der Waals surface area (Å²) in [6.07, 6.45) is 5.75. The van der Waals surface area contributed by atoms with Gasteiger partial charge >= 0.3 is 11.9 Å². The van der Waals surface area contributed by atoms with Crippen molar-refractivity contribution in [2.45, 2.75) is 182 Å². The van der Waals surface area contributed by atoms with Gasteiger partial charge in [0.15, 0.2) is 0 Å². The second-order valence-corrected chi connectivity index (χ2v) is 25.4. The van der Waals surface area contributed by atoms with Crippen molar-refractivity contribution in [3.63, 3.8) is 0 Å². The van der Waals surface area contributed by atoms with Gasteiger partial charge in [-0.1, -0.05) is 122 Å². The minimum Gasteiger partial charge on any atom is -0.458 e. The predicted molar refractivity (Wildman–Crippen MR) is 247 cm³/mol. The maximum atomic E-state index is 13.8. The highest BCUT2D eigenvalue weighted by atomic mass is 28.4. The van der Waals surface area contributed by atoms with Crippen molar-refractivity contribution < 1.29 is 38.2 Å². The number of nitrogens with zero attached hydrogens (tertiary/aromatic N) is 2. The predicted octanol–water partition coefficient (Wildman–Crippen LogP) is 8.31. The summed E-state index contributed by atoms with van der Waals surface area (Å²) in [5.41, 5.74) is -1.18. The molecule has 4 rings (SSSR count). The Hall–Kier alpha value is -3.54. The first kappa shape index (κ1) is 51.8. The summed E-state index contributed by atoms with van der Waals surface area (Å²) in [6.45, 7) is 25.6. The van der Waals surface area contributed by atoms with Crippen LogP contribution in [-0.4, -0.2) is 96.6 Å². The molecule has 11 heteroatoms. The van der Waals surface area contributed by atoms with E-state index in [4.69, 9.17) is 13.9 Å². The smallest absolute Gasteiger partial charge is 0.329 e. The SMILES string of the molecule is CC(C)[C@@H](C(=O)OC(C)(C)C)N(C)C(=O)C1CCCC(O)C1.CC(C)[C@@H](C(=O)OC(C)(C)C)N(C)C(=O)C1CCCC(O[Si](c2ccccc2)(c2ccccc2)C(C)(C)C)C1. The maximum absolute atomic E-state index is 13.8. The lowest BCUT2D eigenvalue weighted by Gasteiger charge is -2.46. The van der Waals surface area contributed by atoms with E-state index in [1.54, 1.807) is 19.0 Å². The van der Waals surface area contributed by atoms with Gasteiger partial charge < -0.3 is 28.8 Å². The van der Waals surface area contributed by atoms with Crippen LogP contribution < -0.4 is 10.4 Å². The fraction of sp³-hybridized carbons (Fsp3) is 0.680. The molecule has 342 valence electrons. The molecule has 0 aliphatic heterocycles. The molecule has 0 radical (unpaired) electrons. The molecule has 0 bridgehead atoms. The van der Waals surface area contributed by atoms with Crippen LogP contribution in [-0.2, 0) is 33.1 Å². The van der Waals surface area contributed by atoms with Crippen molar-refractivity contribution in [3.05, 3.63) is 60.7 Å². The fourth-order valence-electron chi connectivity index (χ4n) is 9.14. The van der Waals surface area contributed by atoms with Crippen LogP contribution >= 0.6 is 0 Å². The molecule has 0 aromatic heterocycles. The van der Waals surface area contributed by atoms with Crippen LogP contribution in [0.3, 0.4) is 0 Å². The Morgan fingerprint density at radius 2 is 0.984 bits per heavy atom. The Kier molecular flexibility index (Phi) is 18.4. The largest absolute Gasteiger partial charge is 0.458 e. The topological polar surface area (TPSA) is 123 Å². The number of rotatable bonds is 12. The van der Waals surface area contributed by atoms with E-state index in [-0.39, 0.29) is 58.6 Å². The molecule has 2 amide bonds. The minimum absolute atomic E-state index is 0.00954. The van der Waals surface area contributed by atoms with Crippen molar-refractivity contribution in [2.24, 2.45) is 23.7 Å². The minimum atomic E-state index is -2.71. The third kappa shape index (κ3) is 14.2. The number of aliphatic hydroxyl groups is 1. The number of benzene rings is 2. The summed E-state index contributed by atoms with van der Waals surface area (Å²) in [7, 11) is 0.706. The monoisotopic (exact) mass is 865 g/mol. The number of hydrogen-bond donors (Lipinski definition) is 1. The van der Waals surface area contributed by atoms with E-state index >= 15 is 0 Å². The van der Waals surface area contributed by atoms with Gasteiger partial charge in [0.2, 0.25) is 11.8 Å². The summed E-state index contributed by atoms with van der Waals surface area (Å²) >= 11 is 0. The van der Waals surface area contributed by atoms with Crippen LogP contribution in [0, 0.1) is 23.7 Å². The Morgan fingerprint density at radius 1 is 0.607 bits per heavy atom. The third-order valence-electron chi connectivity index (χ3n) is 11.8. The number of carbonyl (C=O) groups excluding carboxylic acids is 4. The van der Waals surface area contributed by atoms with Crippen molar-refractivity contribution in [1.82, 2.24) is 9.80 Å². The lowest BCUT2D eigenvalue weighted by Crippen LogP contribution is -2.68. The number of esters is 2. The van der Waals surface area contributed by atoms with E-state index in [0.29, 0.717) is 12.8 Å². The molecular formula is C50H80N2O8Si. The van der Waals surface area contributed by atoms with Crippen molar-refractivity contribution in [2.75, 3.05) is 14.1 Å². The molecule has 6 atom stereocenters. The number of carbonyl (C=O) groups is 4. The van der Waals surface area contributed by atoms with Crippen molar-refractivity contribution >= 4 is 42.4 Å². The molecular weight excluding hydrogens is 785 g/mol. The molecule has 1 N–H and O–H groups in total. The molecule has 61 heavy (non-hydrogen) atoms. The Balaban J connectivity index is 0.000000382. The lowest BCUT2D eigenvalue weighted by molar-refractivity contribution is -0.167. The van der Waals surface area contributed by atoms with Gasteiger partial charge in [-0.15, -0.1) is 0 Å². The Labute approximate surface area is 369 Å². The fourth-order valence-corrected chi connectivity index (χ4v) is 13.9. The molecule has 0 saturated heterocycles. The van der Waals surface area contributed by atoms with Crippen LogP contribution in [0.2, 0.25) is 5.04 Å². The van der Waals surface area contributed by atoms with Gasteiger partial charge in [0.05, 0.1) is 6.10 Å². The van der Waals surface area contributed by atoms with E-state index in [1.807, 2.05) is 69.2 Å². The molecule has 0 heterocycles. The molecule has 2 aromatic carbocycles. The number of aliphatic hydroxyl groups excluding tert-OH is 1. The quantitative estimate of drug-likeness (QED) is 0.167. The van der Waals surface area contributed by atoms with Gasteiger partial charge in [0.25, 0.3) is 8.32 Å². The van der Waals surface area contributed by atoms with E-state index < -0.39 is 37.7 Å². The van der Waals surface area contributed by atoms with Gasteiger partial charge in [-0.3, -0.25) is 9.59 Å². The molecule has 10 nitrogen and oxygen atoms in total. The molecule has 2 saturated carbocycles. The van der Waals surface area contributed by atoms with Crippen molar-refractivity contribution in [3.8, 4) is 0 Å². The van der Waals surface area contributed by atoms with E-state index in [2.05, 4.69) is 81.4 Å². The molecule has 0 spiro atoms. The van der Waals surface area contributed by atoms with Gasteiger partial charge in [-0.2, -0.15) is 0 Å². The standard InChI is InChI=1S/C33H49NO4Si.C17H31NO4/c1-24(2)29(31(36)37-32(3,4)5)34(9)30(35)25-17-16-18-26(23-25)38-39(33(6,7)8,27-19-12-10-13-20-27)28-21-14-11-15-22-28;1-11(2)14(16(21)22-17(3,4)5)18(6)15(20)12-8-7-9-13(19)10-12/h10-15,19-22,24-26,29H,16-18,23H2,1-9H3;11-14,19H,7-10H2,1-6H3/t25?,26?,29-;12?,13?,14-/m00/s1. The first-order valence-electron chi connectivity index (χ1n) is 22.7. The number of ether oxygens (including phenoxy) is 2. The zero-order valence-electron chi connectivity index (χ0n) is 40.2. The molecule has 2 aliphatic rings. The van der Waals surface area contributed by atoms with Gasteiger partial charge in [0.1, 0.15) is 23.3 Å². The van der Waals surface area contributed by atoms with Crippen molar-refractivity contribution in [1.29, 1.82) is 0 Å². The summed E-state index contributed by atoms with van der Waals surface area (Å²) in [5, 5.41) is 12.1. The molecule has 2 aromatic rings. The Bertz CT molecular complexity index is 1670. The van der Waals surface area contributed by atoms with Crippen LogP contribution in [0.5, 0.6) is 0 Å². The van der Waals surface area contributed by atoms with Crippen LogP contribution in [0.15, 0.2) is 60.7 Å². The van der Waals surface area contributed by atoms with Gasteiger partial charge in [-0.25, -0.2) is 9.59 Å². The lowest BCUT2D eigenvalue weighted by atomic mass is 9.85. The summed E-state index contributed by atoms with van der Waals surface area (Å²) in [4.78, 5) is 55.1. The van der Waals surface area contributed by atoms with Gasteiger partial charge in [0, 0.05) is 32.0 Å². The number of likely N-dealkylation sites (N-methyl/N-ethyl adjacent to an activating group) is 2. The van der Waals surface area contributed by atoms with Gasteiger partial charge in [-0.05, 0) is 107 Å². The third-order valence-corrected chi connectivity index (χ3v) is 16.9. The zero-order valence-corrected chi connectivity index (χ0v) is 41.2. The highest BCUT2D eigenvalue weighted by Crippen LogP contribution is 2.40. The first-order valence-corrected chi connectivity index (χ1v) is 24.6. The van der Waals surface area contributed by atoms with E-state index in [0.717, 1.165) is 38.5 Å². The van der Waals surface area contributed by atoms with E-state index in [9.17, 15) is 24.3 Å². The highest BCUT2D eigenvalue weighted by molar-refractivity contribution is 6.99. The number of hydrogen-bond acceptors (Lipinski definition) is 8. The van der Waals surface area contributed by atoms with Crippen LogP contribution in [0.1, 0.15) is 141 Å². The van der Waals surface area contributed by atoms with E-state index in [1.165, 1.54) is 15.3 Å². The molecule has 2 aliphatic carbocycles. The Morgan fingerprint density at radius 3 is 1.33 bits per heavy atom. The highest BCUT2D eigenvalue weighted by Gasteiger charge is 2.52. The maximum Gasteiger partial charge on any atom is 0.329 e. The van der Waals surface area contributed by atoms with Crippen LogP contribution in [0.4, 0.5) is 0 Å². The first-order chi connectivity index (χ1) is 28.2. The molecule has 4 unspecified atom stereocenters. The summed E-state index contributed by atoms with van der Waals surface area (Å²) in [6, 6.07) is 20.1. The summed E-state index contributed by atoms with van der Waals surface area (Å²) in [5.74, 6) is -1.23. The average Bonchev–Trinajstić information content (AvgIpc) is 3.15. The second-order valence-electron chi connectivity index (χ2n) is 21.1. The normalized spacial score (nSPS) is 21.1.